The Morgan fingerprint density at radius 1 is 1.54 bits per heavy atom. The SMILES string of the molecule is COC(C)C(NN)C1=CCCCC1. The normalized spacial score (nSPS) is 22.2. The number of hydrogen-bond donors (Lipinski definition) is 2. The molecule has 13 heavy (non-hydrogen) atoms. The number of nitrogens with two attached hydrogens (primary N) is 1. The monoisotopic (exact) mass is 184 g/mol. The summed E-state index contributed by atoms with van der Waals surface area (Å²) in [6.07, 6.45) is 7.37. The van der Waals surface area contributed by atoms with Crippen molar-refractivity contribution in [1.29, 1.82) is 0 Å². The summed E-state index contributed by atoms with van der Waals surface area (Å²) in [7, 11) is 1.72. The minimum Gasteiger partial charge on any atom is -0.380 e. The number of allylic oxidation sites excluding steroid dienone is 1. The van der Waals surface area contributed by atoms with E-state index in [1.807, 2.05) is 6.92 Å². The number of methoxy groups -OCH3 is 1. The van der Waals surface area contributed by atoms with Gasteiger partial charge in [-0.3, -0.25) is 11.3 Å². The van der Waals surface area contributed by atoms with E-state index in [1.165, 1.54) is 24.8 Å². The molecule has 1 aliphatic carbocycles. The maximum atomic E-state index is 5.51. The second-order valence-electron chi connectivity index (χ2n) is 3.61. The Balaban J connectivity index is 2.58. The van der Waals surface area contributed by atoms with Gasteiger partial charge in [-0.2, -0.15) is 0 Å². The second-order valence-corrected chi connectivity index (χ2v) is 3.61. The number of nitrogens with one attached hydrogen (secondary N) is 1. The minimum absolute atomic E-state index is 0.148. The van der Waals surface area contributed by atoms with Crippen LogP contribution in [0, 0.1) is 0 Å². The van der Waals surface area contributed by atoms with Gasteiger partial charge in [-0.25, -0.2) is 0 Å². The quantitative estimate of drug-likeness (QED) is 0.394. The Bertz CT molecular complexity index is 180. The van der Waals surface area contributed by atoms with E-state index in [1.54, 1.807) is 7.11 Å². The van der Waals surface area contributed by atoms with E-state index < -0.39 is 0 Å². The van der Waals surface area contributed by atoms with E-state index in [9.17, 15) is 0 Å². The summed E-state index contributed by atoms with van der Waals surface area (Å²) >= 11 is 0. The predicted octanol–water partition coefficient (Wildman–Crippen LogP) is 1.35. The molecule has 0 spiro atoms. The maximum Gasteiger partial charge on any atom is 0.0747 e. The highest BCUT2D eigenvalue weighted by Crippen LogP contribution is 2.22. The van der Waals surface area contributed by atoms with Crippen molar-refractivity contribution in [2.45, 2.75) is 44.8 Å². The van der Waals surface area contributed by atoms with Gasteiger partial charge in [-0.1, -0.05) is 11.6 Å². The molecule has 0 aliphatic heterocycles. The molecule has 0 saturated carbocycles. The standard InChI is InChI=1S/C10H20N2O/c1-8(13-2)10(12-11)9-6-4-3-5-7-9/h6,8,10,12H,3-5,7,11H2,1-2H3. The van der Waals surface area contributed by atoms with Gasteiger partial charge in [0.1, 0.15) is 0 Å². The molecular formula is C10H20N2O. The van der Waals surface area contributed by atoms with Crippen LogP contribution in [0.15, 0.2) is 11.6 Å². The van der Waals surface area contributed by atoms with Crippen LogP contribution in [0.4, 0.5) is 0 Å². The third kappa shape index (κ3) is 2.79. The summed E-state index contributed by atoms with van der Waals surface area (Å²) in [5.41, 5.74) is 4.23. The Morgan fingerprint density at radius 2 is 2.31 bits per heavy atom. The van der Waals surface area contributed by atoms with Gasteiger partial charge in [0.05, 0.1) is 12.1 Å². The lowest BCUT2D eigenvalue weighted by Gasteiger charge is -2.26. The van der Waals surface area contributed by atoms with Gasteiger partial charge in [-0.05, 0) is 32.6 Å². The van der Waals surface area contributed by atoms with E-state index in [0.29, 0.717) is 0 Å². The predicted molar refractivity (Wildman–Crippen MR) is 54.1 cm³/mol. The van der Waals surface area contributed by atoms with Gasteiger partial charge in [0.15, 0.2) is 0 Å². The van der Waals surface area contributed by atoms with Crippen LogP contribution in [0.2, 0.25) is 0 Å². The van der Waals surface area contributed by atoms with Crippen molar-refractivity contribution in [1.82, 2.24) is 5.43 Å². The summed E-state index contributed by atoms with van der Waals surface area (Å²) < 4.78 is 5.27. The summed E-state index contributed by atoms with van der Waals surface area (Å²) in [5.74, 6) is 5.51. The lowest BCUT2D eigenvalue weighted by molar-refractivity contribution is 0.0924. The third-order valence-electron chi connectivity index (χ3n) is 2.75. The van der Waals surface area contributed by atoms with Gasteiger partial charge >= 0.3 is 0 Å². The highest BCUT2D eigenvalue weighted by Gasteiger charge is 2.20. The molecule has 2 atom stereocenters. The Kier molecular flexibility index (Phi) is 4.42. The zero-order valence-electron chi connectivity index (χ0n) is 8.55. The van der Waals surface area contributed by atoms with E-state index in [4.69, 9.17) is 10.6 Å². The lowest BCUT2D eigenvalue weighted by atomic mass is 9.92. The summed E-state index contributed by atoms with van der Waals surface area (Å²) in [6, 6.07) is 0.185. The van der Waals surface area contributed by atoms with Gasteiger partial charge in [0, 0.05) is 7.11 Å². The molecule has 0 saturated heterocycles. The molecule has 3 nitrogen and oxygen atoms in total. The molecule has 2 unspecified atom stereocenters. The van der Waals surface area contributed by atoms with E-state index in [0.717, 1.165) is 6.42 Å². The highest BCUT2D eigenvalue weighted by atomic mass is 16.5. The third-order valence-corrected chi connectivity index (χ3v) is 2.75. The van der Waals surface area contributed by atoms with Gasteiger partial charge < -0.3 is 4.74 Å². The summed E-state index contributed by atoms with van der Waals surface area (Å²) in [5, 5.41) is 0. The van der Waals surface area contributed by atoms with Crippen LogP contribution in [0.3, 0.4) is 0 Å². The van der Waals surface area contributed by atoms with Crippen LogP contribution in [0.5, 0.6) is 0 Å². The van der Waals surface area contributed by atoms with E-state index in [-0.39, 0.29) is 12.1 Å². The van der Waals surface area contributed by atoms with Crippen molar-refractivity contribution >= 4 is 0 Å². The first-order valence-corrected chi connectivity index (χ1v) is 4.97. The van der Waals surface area contributed by atoms with E-state index >= 15 is 0 Å². The first kappa shape index (κ1) is 10.7. The van der Waals surface area contributed by atoms with Gasteiger partial charge in [0.2, 0.25) is 0 Å². The molecule has 3 heteroatoms. The largest absolute Gasteiger partial charge is 0.380 e. The van der Waals surface area contributed by atoms with Crippen molar-refractivity contribution < 1.29 is 4.74 Å². The molecule has 1 aliphatic rings. The van der Waals surface area contributed by atoms with Crippen LogP contribution >= 0.6 is 0 Å². The molecule has 0 aromatic rings. The first-order chi connectivity index (χ1) is 6.29. The Morgan fingerprint density at radius 3 is 2.77 bits per heavy atom. The summed E-state index contributed by atoms with van der Waals surface area (Å²) in [6.45, 7) is 2.04. The Hall–Kier alpha value is -0.380. The van der Waals surface area contributed by atoms with Crippen molar-refractivity contribution in [3.8, 4) is 0 Å². The van der Waals surface area contributed by atoms with Crippen LogP contribution < -0.4 is 11.3 Å². The molecule has 3 N–H and O–H groups in total. The highest BCUT2D eigenvalue weighted by molar-refractivity contribution is 5.14. The molecule has 0 heterocycles. The number of hydrazine groups is 1. The van der Waals surface area contributed by atoms with Crippen LogP contribution in [0.1, 0.15) is 32.6 Å². The molecular weight excluding hydrogens is 164 g/mol. The zero-order chi connectivity index (χ0) is 9.68. The average molecular weight is 184 g/mol. The fourth-order valence-electron chi connectivity index (χ4n) is 1.83. The van der Waals surface area contributed by atoms with Crippen molar-refractivity contribution in [2.75, 3.05) is 7.11 Å². The molecule has 0 fully saturated rings. The van der Waals surface area contributed by atoms with E-state index in [2.05, 4.69) is 11.5 Å². The van der Waals surface area contributed by atoms with Crippen molar-refractivity contribution in [3.05, 3.63) is 11.6 Å². The number of ether oxygens (including phenoxy) is 1. The van der Waals surface area contributed by atoms with Crippen LogP contribution in [-0.2, 0) is 4.74 Å². The molecule has 76 valence electrons. The average Bonchev–Trinajstić information content (AvgIpc) is 2.20. The molecule has 0 radical (unpaired) electrons. The minimum atomic E-state index is 0.148. The fourth-order valence-corrected chi connectivity index (χ4v) is 1.83. The Labute approximate surface area is 80.3 Å². The van der Waals surface area contributed by atoms with Crippen molar-refractivity contribution in [3.63, 3.8) is 0 Å². The van der Waals surface area contributed by atoms with Crippen molar-refractivity contribution in [2.24, 2.45) is 5.84 Å². The number of hydrogen-bond acceptors (Lipinski definition) is 3. The zero-order valence-corrected chi connectivity index (χ0v) is 8.55. The van der Waals surface area contributed by atoms with Crippen LogP contribution in [-0.4, -0.2) is 19.3 Å². The lowest BCUT2D eigenvalue weighted by Crippen LogP contribution is -2.45. The molecule has 0 amide bonds. The summed E-state index contributed by atoms with van der Waals surface area (Å²) in [4.78, 5) is 0. The van der Waals surface area contributed by atoms with Crippen LogP contribution in [0.25, 0.3) is 0 Å². The molecule has 0 aromatic carbocycles. The van der Waals surface area contributed by atoms with Gasteiger partial charge in [-0.15, -0.1) is 0 Å². The smallest absolute Gasteiger partial charge is 0.0747 e. The van der Waals surface area contributed by atoms with Gasteiger partial charge in [0.25, 0.3) is 0 Å². The maximum absolute atomic E-state index is 5.51. The molecule has 1 rings (SSSR count). The number of rotatable bonds is 4. The molecule has 0 aromatic heterocycles. The second kappa shape index (κ2) is 5.37. The molecule has 0 bridgehead atoms. The first-order valence-electron chi connectivity index (χ1n) is 4.97. The fraction of sp³-hybridized carbons (Fsp3) is 0.800. The topological polar surface area (TPSA) is 47.3 Å².